The molecule has 0 atom stereocenters. The van der Waals surface area contributed by atoms with Crippen molar-refractivity contribution >= 4 is 28.7 Å². The number of aryl methyl sites for hydroxylation is 1. The van der Waals surface area contributed by atoms with Crippen LogP contribution in [0.3, 0.4) is 0 Å². The van der Waals surface area contributed by atoms with E-state index >= 15 is 0 Å². The minimum atomic E-state index is -0.405. The van der Waals surface area contributed by atoms with Gasteiger partial charge in [0.1, 0.15) is 0 Å². The van der Waals surface area contributed by atoms with Gasteiger partial charge in [-0.2, -0.15) is 0 Å². The van der Waals surface area contributed by atoms with Crippen LogP contribution in [0.15, 0.2) is 42.5 Å². The van der Waals surface area contributed by atoms with Crippen molar-refractivity contribution in [3.63, 3.8) is 0 Å². The largest absolute Gasteiger partial charge is 0.345 e. The second-order valence-electron chi connectivity index (χ2n) is 4.78. The standard InChI is InChI=1S/C16H17ClN2O2/c1-3-12-4-6-14(7-5-12)18(2)15-8-9-16(19(20)21)13(10-15)11-17/h4-10H,3,11H2,1-2H3. The van der Waals surface area contributed by atoms with Gasteiger partial charge in [0, 0.05) is 30.1 Å². The normalized spacial score (nSPS) is 10.4. The predicted molar refractivity (Wildman–Crippen MR) is 86.5 cm³/mol. The van der Waals surface area contributed by atoms with Gasteiger partial charge in [0.25, 0.3) is 5.69 Å². The van der Waals surface area contributed by atoms with E-state index in [9.17, 15) is 10.1 Å². The average Bonchev–Trinajstić information content (AvgIpc) is 2.53. The summed E-state index contributed by atoms with van der Waals surface area (Å²) in [7, 11) is 1.93. The Morgan fingerprint density at radius 1 is 1.14 bits per heavy atom. The van der Waals surface area contributed by atoms with Crippen LogP contribution < -0.4 is 4.90 Å². The van der Waals surface area contributed by atoms with Gasteiger partial charge in [0.15, 0.2) is 0 Å². The molecule has 0 N–H and O–H groups in total. The number of benzene rings is 2. The smallest absolute Gasteiger partial charge is 0.273 e. The molecular formula is C16H17ClN2O2. The molecule has 4 nitrogen and oxygen atoms in total. The Balaban J connectivity index is 2.33. The molecule has 110 valence electrons. The van der Waals surface area contributed by atoms with E-state index in [4.69, 9.17) is 11.6 Å². The molecule has 0 aliphatic carbocycles. The Labute approximate surface area is 129 Å². The molecule has 0 spiro atoms. The summed E-state index contributed by atoms with van der Waals surface area (Å²) in [5.41, 5.74) is 3.76. The van der Waals surface area contributed by atoms with E-state index in [1.807, 2.05) is 24.1 Å². The monoisotopic (exact) mass is 304 g/mol. The number of hydrogen-bond acceptors (Lipinski definition) is 3. The maximum absolute atomic E-state index is 10.9. The lowest BCUT2D eigenvalue weighted by Crippen LogP contribution is -2.10. The van der Waals surface area contributed by atoms with E-state index in [0.29, 0.717) is 5.56 Å². The quantitative estimate of drug-likeness (QED) is 0.458. The molecule has 2 aromatic rings. The van der Waals surface area contributed by atoms with Gasteiger partial charge in [-0.3, -0.25) is 10.1 Å². The number of hydrogen-bond donors (Lipinski definition) is 0. The Bertz CT molecular complexity index is 641. The van der Waals surface area contributed by atoms with Crippen LogP contribution in [0.1, 0.15) is 18.1 Å². The van der Waals surface area contributed by atoms with Crippen molar-refractivity contribution in [1.82, 2.24) is 0 Å². The van der Waals surface area contributed by atoms with E-state index in [1.54, 1.807) is 12.1 Å². The van der Waals surface area contributed by atoms with Crippen LogP contribution in [0.5, 0.6) is 0 Å². The highest BCUT2D eigenvalue weighted by Crippen LogP contribution is 2.29. The van der Waals surface area contributed by atoms with E-state index in [2.05, 4.69) is 19.1 Å². The first-order valence-corrected chi connectivity index (χ1v) is 7.26. The molecular weight excluding hydrogens is 288 g/mol. The van der Waals surface area contributed by atoms with Gasteiger partial charge < -0.3 is 4.90 Å². The molecule has 0 saturated carbocycles. The zero-order valence-electron chi connectivity index (χ0n) is 12.0. The fourth-order valence-electron chi connectivity index (χ4n) is 2.17. The van der Waals surface area contributed by atoms with Crippen LogP contribution in [0.4, 0.5) is 17.1 Å². The van der Waals surface area contributed by atoms with E-state index in [1.165, 1.54) is 11.6 Å². The lowest BCUT2D eigenvalue weighted by molar-refractivity contribution is -0.385. The first kappa shape index (κ1) is 15.3. The van der Waals surface area contributed by atoms with Crippen LogP contribution in [0.25, 0.3) is 0 Å². The zero-order valence-corrected chi connectivity index (χ0v) is 12.8. The number of anilines is 2. The van der Waals surface area contributed by atoms with Gasteiger partial charge in [-0.05, 0) is 36.2 Å². The van der Waals surface area contributed by atoms with E-state index in [-0.39, 0.29) is 11.6 Å². The molecule has 0 bridgehead atoms. The first-order valence-electron chi connectivity index (χ1n) is 6.72. The first-order chi connectivity index (χ1) is 10.1. The molecule has 2 aromatic carbocycles. The molecule has 0 saturated heterocycles. The summed E-state index contributed by atoms with van der Waals surface area (Å²) >= 11 is 5.82. The number of nitro groups is 1. The van der Waals surface area contributed by atoms with Crippen molar-refractivity contribution in [1.29, 1.82) is 0 Å². The summed E-state index contributed by atoms with van der Waals surface area (Å²) in [6, 6.07) is 13.3. The van der Waals surface area contributed by atoms with Gasteiger partial charge >= 0.3 is 0 Å². The third kappa shape index (κ3) is 3.34. The van der Waals surface area contributed by atoms with Crippen LogP contribution in [-0.4, -0.2) is 12.0 Å². The van der Waals surface area contributed by atoms with Crippen LogP contribution in [0.2, 0.25) is 0 Å². The topological polar surface area (TPSA) is 46.4 Å². The SMILES string of the molecule is CCc1ccc(N(C)c2ccc([N+](=O)[O-])c(CCl)c2)cc1. The molecule has 0 amide bonds. The molecule has 0 radical (unpaired) electrons. The summed E-state index contributed by atoms with van der Waals surface area (Å²) in [6.07, 6.45) is 0.998. The summed E-state index contributed by atoms with van der Waals surface area (Å²) < 4.78 is 0. The van der Waals surface area contributed by atoms with Gasteiger partial charge in [-0.15, -0.1) is 11.6 Å². The Morgan fingerprint density at radius 2 is 1.76 bits per heavy atom. The molecule has 0 fully saturated rings. The van der Waals surface area contributed by atoms with Crippen molar-refractivity contribution < 1.29 is 4.92 Å². The number of nitro benzene ring substituents is 1. The number of nitrogens with zero attached hydrogens (tertiary/aromatic N) is 2. The highest BCUT2D eigenvalue weighted by atomic mass is 35.5. The number of halogens is 1. The van der Waals surface area contributed by atoms with Gasteiger partial charge in [-0.1, -0.05) is 19.1 Å². The molecule has 0 aliphatic heterocycles. The minimum absolute atomic E-state index is 0.0588. The number of alkyl halides is 1. The second-order valence-corrected chi connectivity index (χ2v) is 5.05. The van der Waals surface area contributed by atoms with Crippen LogP contribution in [0, 0.1) is 10.1 Å². The van der Waals surface area contributed by atoms with Gasteiger partial charge in [0.05, 0.1) is 10.8 Å². The van der Waals surface area contributed by atoms with Crippen LogP contribution >= 0.6 is 11.6 Å². The Morgan fingerprint density at radius 3 is 2.29 bits per heavy atom. The Hall–Kier alpha value is -2.07. The molecule has 2 rings (SSSR count). The highest BCUT2D eigenvalue weighted by Gasteiger charge is 2.15. The lowest BCUT2D eigenvalue weighted by Gasteiger charge is -2.20. The van der Waals surface area contributed by atoms with Gasteiger partial charge in [-0.25, -0.2) is 0 Å². The maximum atomic E-state index is 10.9. The number of rotatable bonds is 5. The summed E-state index contributed by atoms with van der Waals surface area (Å²) in [6.45, 7) is 2.11. The minimum Gasteiger partial charge on any atom is -0.345 e. The fraction of sp³-hybridized carbons (Fsp3) is 0.250. The van der Waals surface area contributed by atoms with Crippen molar-refractivity contribution in [2.45, 2.75) is 19.2 Å². The molecule has 21 heavy (non-hydrogen) atoms. The highest BCUT2D eigenvalue weighted by molar-refractivity contribution is 6.17. The van der Waals surface area contributed by atoms with Crippen LogP contribution in [-0.2, 0) is 12.3 Å². The fourth-order valence-corrected chi connectivity index (χ4v) is 2.38. The summed E-state index contributed by atoms with van der Waals surface area (Å²) in [4.78, 5) is 12.5. The third-order valence-electron chi connectivity index (χ3n) is 3.52. The zero-order chi connectivity index (χ0) is 15.4. The second kappa shape index (κ2) is 6.59. The summed E-state index contributed by atoms with van der Waals surface area (Å²) in [5, 5.41) is 10.9. The molecule has 0 unspecified atom stereocenters. The van der Waals surface area contributed by atoms with Crippen molar-refractivity contribution in [3.05, 3.63) is 63.7 Å². The van der Waals surface area contributed by atoms with Gasteiger partial charge in [0.2, 0.25) is 0 Å². The average molecular weight is 305 g/mol. The van der Waals surface area contributed by atoms with Crippen molar-refractivity contribution in [2.24, 2.45) is 0 Å². The van der Waals surface area contributed by atoms with E-state index in [0.717, 1.165) is 17.8 Å². The molecule has 0 aromatic heterocycles. The van der Waals surface area contributed by atoms with E-state index < -0.39 is 4.92 Å². The summed E-state index contributed by atoms with van der Waals surface area (Å²) in [5.74, 6) is 0.118. The lowest BCUT2D eigenvalue weighted by atomic mass is 10.1. The molecule has 0 aliphatic rings. The van der Waals surface area contributed by atoms with Crippen molar-refractivity contribution in [2.75, 3.05) is 11.9 Å². The third-order valence-corrected chi connectivity index (χ3v) is 3.81. The molecule has 0 heterocycles. The predicted octanol–water partition coefficient (Wildman–Crippen LogP) is 4.66. The maximum Gasteiger partial charge on any atom is 0.273 e. The molecule has 5 heteroatoms. The Kier molecular flexibility index (Phi) is 4.81. The van der Waals surface area contributed by atoms with Crippen molar-refractivity contribution in [3.8, 4) is 0 Å².